The molecule has 0 atom stereocenters. The molecule has 22 heavy (non-hydrogen) atoms. The number of esters is 1. The lowest BCUT2D eigenvalue weighted by Crippen LogP contribution is -2.43. The lowest BCUT2D eigenvalue weighted by atomic mass is 10.2. The number of carbonyl (C=O) groups is 1. The van der Waals surface area contributed by atoms with Gasteiger partial charge in [0, 0.05) is 23.7 Å². The van der Waals surface area contributed by atoms with Crippen molar-refractivity contribution < 1.29 is 22.7 Å². The van der Waals surface area contributed by atoms with Crippen molar-refractivity contribution in [2.45, 2.75) is 6.61 Å². The van der Waals surface area contributed by atoms with Crippen LogP contribution in [0.1, 0.15) is 5.56 Å². The molecule has 0 radical (unpaired) electrons. The van der Waals surface area contributed by atoms with Crippen LogP contribution in [-0.2, 0) is 26.0 Å². The summed E-state index contributed by atoms with van der Waals surface area (Å²) in [7, 11) is -1.41. The third-order valence-electron chi connectivity index (χ3n) is 3.42. The van der Waals surface area contributed by atoms with Gasteiger partial charge in [0.25, 0.3) is 0 Å². The van der Waals surface area contributed by atoms with Gasteiger partial charge in [0.05, 0.1) is 25.2 Å². The van der Waals surface area contributed by atoms with Gasteiger partial charge in [0.15, 0.2) is 9.84 Å². The molecule has 0 unspecified atom stereocenters. The van der Waals surface area contributed by atoms with Crippen LogP contribution in [0.3, 0.4) is 0 Å². The number of rotatable bonds is 5. The molecule has 0 bridgehead atoms. The maximum atomic E-state index is 11.8. The summed E-state index contributed by atoms with van der Waals surface area (Å²) in [5.74, 6) is 0.368. The average molecular weight is 348 g/mol. The molecule has 0 N–H and O–H groups in total. The maximum Gasteiger partial charge on any atom is 0.320 e. The van der Waals surface area contributed by atoms with Crippen molar-refractivity contribution in [3.63, 3.8) is 0 Å². The Hall–Kier alpha value is -1.31. The highest BCUT2D eigenvalue weighted by Crippen LogP contribution is 2.23. The van der Waals surface area contributed by atoms with Crippen molar-refractivity contribution in [3.8, 4) is 5.75 Å². The van der Waals surface area contributed by atoms with Crippen molar-refractivity contribution in [3.05, 3.63) is 28.8 Å². The number of ether oxygens (including phenoxy) is 2. The molecule has 1 aliphatic heterocycles. The predicted molar refractivity (Wildman–Crippen MR) is 82.9 cm³/mol. The third kappa shape index (κ3) is 4.86. The van der Waals surface area contributed by atoms with Gasteiger partial charge in [-0.2, -0.15) is 0 Å². The molecular formula is C14H18ClNO5S. The van der Waals surface area contributed by atoms with E-state index in [1.807, 2.05) is 0 Å². The molecule has 1 heterocycles. The monoisotopic (exact) mass is 347 g/mol. The number of nitrogens with zero attached hydrogens (tertiary/aromatic N) is 1. The van der Waals surface area contributed by atoms with Crippen LogP contribution in [0.25, 0.3) is 0 Å². The topological polar surface area (TPSA) is 72.9 Å². The van der Waals surface area contributed by atoms with E-state index in [0.29, 0.717) is 29.4 Å². The Kier molecular flexibility index (Phi) is 5.66. The zero-order valence-corrected chi connectivity index (χ0v) is 13.8. The Morgan fingerprint density at radius 2 is 2.00 bits per heavy atom. The fourth-order valence-corrected chi connectivity index (χ4v) is 3.63. The minimum Gasteiger partial charge on any atom is -0.496 e. The van der Waals surface area contributed by atoms with Crippen molar-refractivity contribution in [2.24, 2.45) is 0 Å². The molecule has 0 aromatic heterocycles. The smallest absolute Gasteiger partial charge is 0.320 e. The fraction of sp³-hybridized carbons (Fsp3) is 0.500. The summed E-state index contributed by atoms with van der Waals surface area (Å²) in [6.07, 6.45) is 0. The second-order valence-corrected chi connectivity index (χ2v) is 7.78. The van der Waals surface area contributed by atoms with Gasteiger partial charge in [-0.15, -0.1) is 0 Å². The molecule has 1 fully saturated rings. The number of carbonyl (C=O) groups excluding carboxylic acids is 1. The highest BCUT2D eigenvalue weighted by Gasteiger charge is 2.23. The van der Waals surface area contributed by atoms with Gasteiger partial charge >= 0.3 is 5.97 Å². The summed E-state index contributed by atoms with van der Waals surface area (Å²) in [6, 6.07) is 5.09. The van der Waals surface area contributed by atoms with Crippen LogP contribution >= 0.6 is 11.6 Å². The third-order valence-corrected chi connectivity index (χ3v) is 5.27. The molecular weight excluding hydrogens is 330 g/mol. The quantitative estimate of drug-likeness (QED) is 0.743. The average Bonchev–Trinajstić information content (AvgIpc) is 2.47. The van der Waals surface area contributed by atoms with E-state index < -0.39 is 15.8 Å². The van der Waals surface area contributed by atoms with E-state index in [-0.39, 0.29) is 24.7 Å². The van der Waals surface area contributed by atoms with Gasteiger partial charge in [0.1, 0.15) is 12.4 Å². The zero-order valence-electron chi connectivity index (χ0n) is 12.2. The lowest BCUT2D eigenvalue weighted by Gasteiger charge is -2.25. The summed E-state index contributed by atoms with van der Waals surface area (Å²) in [5, 5.41) is 0.535. The van der Waals surface area contributed by atoms with Gasteiger partial charge in [-0.05, 0) is 18.2 Å². The number of halogens is 1. The van der Waals surface area contributed by atoms with E-state index in [9.17, 15) is 13.2 Å². The minimum atomic E-state index is -2.95. The van der Waals surface area contributed by atoms with Crippen LogP contribution in [0.15, 0.2) is 18.2 Å². The molecule has 6 nitrogen and oxygen atoms in total. The first-order chi connectivity index (χ1) is 10.4. The van der Waals surface area contributed by atoms with E-state index in [0.717, 1.165) is 0 Å². The van der Waals surface area contributed by atoms with Crippen molar-refractivity contribution >= 4 is 27.4 Å². The largest absolute Gasteiger partial charge is 0.496 e. The Morgan fingerprint density at radius 3 is 2.64 bits per heavy atom. The van der Waals surface area contributed by atoms with Crippen molar-refractivity contribution in [1.82, 2.24) is 4.90 Å². The maximum absolute atomic E-state index is 11.8. The highest BCUT2D eigenvalue weighted by atomic mass is 35.5. The van der Waals surface area contributed by atoms with Crippen LogP contribution in [-0.4, -0.2) is 57.5 Å². The van der Waals surface area contributed by atoms with E-state index in [4.69, 9.17) is 21.1 Å². The van der Waals surface area contributed by atoms with Gasteiger partial charge in [0.2, 0.25) is 0 Å². The first kappa shape index (κ1) is 17.1. The number of hydrogen-bond donors (Lipinski definition) is 0. The molecule has 1 aliphatic rings. The van der Waals surface area contributed by atoms with Gasteiger partial charge in [-0.1, -0.05) is 11.6 Å². The zero-order chi connectivity index (χ0) is 16.2. The molecule has 1 aromatic rings. The van der Waals surface area contributed by atoms with Gasteiger partial charge in [-0.3, -0.25) is 9.69 Å². The summed E-state index contributed by atoms with van der Waals surface area (Å²) >= 11 is 5.91. The van der Waals surface area contributed by atoms with Gasteiger partial charge < -0.3 is 9.47 Å². The fourth-order valence-electron chi connectivity index (χ4n) is 2.15. The second kappa shape index (κ2) is 7.30. The predicted octanol–water partition coefficient (Wildman–Crippen LogP) is 1.12. The molecule has 122 valence electrons. The summed E-state index contributed by atoms with van der Waals surface area (Å²) < 4.78 is 33.0. The number of sulfone groups is 1. The molecule has 0 saturated carbocycles. The molecule has 2 rings (SSSR count). The van der Waals surface area contributed by atoms with E-state index in [1.165, 1.54) is 7.11 Å². The van der Waals surface area contributed by atoms with Crippen LogP contribution in [0.4, 0.5) is 0 Å². The lowest BCUT2D eigenvalue weighted by molar-refractivity contribution is -0.146. The molecule has 8 heteroatoms. The molecule has 0 aliphatic carbocycles. The molecule has 1 aromatic carbocycles. The molecule has 0 amide bonds. The molecule has 1 saturated heterocycles. The standard InChI is InChI=1S/C14H18ClNO5S/c1-20-13-3-2-12(15)8-11(13)10-21-14(17)9-16-4-6-22(18,19)7-5-16/h2-3,8H,4-7,9-10H2,1H3. The number of hydrogen-bond acceptors (Lipinski definition) is 6. The Labute approximate surface area is 134 Å². The van der Waals surface area contributed by atoms with Crippen LogP contribution in [0.2, 0.25) is 5.02 Å². The first-order valence-corrected chi connectivity index (χ1v) is 9.00. The Bertz CT molecular complexity index is 633. The summed E-state index contributed by atoms with van der Waals surface area (Å²) in [5.41, 5.74) is 0.685. The van der Waals surface area contributed by atoms with Crippen LogP contribution in [0.5, 0.6) is 5.75 Å². The normalized spacial score (nSPS) is 17.9. The first-order valence-electron chi connectivity index (χ1n) is 6.80. The Balaban J connectivity index is 1.84. The summed E-state index contributed by atoms with van der Waals surface area (Å²) in [6.45, 7) is 0.864. The van der Waals surface area contributed by atoms with Gasteiger partial charge in [-0.25, -0.2) is 8.42 Å². The SMILES string of the molecule is COc1ccc(Cl)cc1COC(=O)CN1CCS(=O)(=O)CC1. The van der Waals surface area contributed by atoms with E-state index in [1.54, 1.807) is 23.1 Å². The van der Waals surface area contributed by atoms with E-state index in [2.05, 4.69) is 0 Å². The minimum absolute atomic E-state index is 0.0642. The number of methoxy groups -OCH3 is 1. The van der Waals surface area contributed by atoms with Crippen molar-refractivity contribution in [1.29, 1.82) is 0 Å². The molecule has 0 spiro atoms. The highest BCUT2D eigenvalue weighted by molar-refractivity contribution is 7.91. The van der Waals surface area contributed by atoms with E-state index >= 15 is 0 Å². The van der Waals surface area contributed by atoms with Crippen LogP contribution < -0.4 is 4.74 Å². The second-order valence-electron chi connectivity index (χ2n) is 5.04. The summed E-state index contributed by atoms with van der Waals surface area (Å²) in [4.78, 5) is 13.6. The Morgan fingerprint density at radius 1 is 1.32 bits per heavy atom. The van der Waals surface area contributed by atoms with Crippen LogP contribution in [0, 0.1) is 0 Å². The number of benzene rings is 1. The van der Waals surface area contributed by atoms with Crippen molar-refractivity contribution in [2.75, 3.05) is 38.2 Å².